The zero-order valence-corrected chi connectivity index (χ0v) is 9.15. The molecule has 1 aliphatic heterocycles. The third kappa shape index (κ3) is 3.04. The van der Waals surface area contributed by atoms with Crippen LogP contribution in [-0.4, -0.2) is 29.2 Å². The number of anilines is 2. The van der Waals surface area contributed by atoms with Gasteiger partial charge in [0.25, 0.3) is 0 Å². The summed E-state index contributed by atoms with van der Waals surface area (Å²) in [6.07, 6.45) is 5.29. The van der Waals surface area contributed by atoms with Gasteiger partial charge in [-0.05, 0) is 19.3 Å². The minimum atomic E-state index is 0.290. The predicted octanol–water partition coefficient (Wildman–Crippen LogP) is 0.743. The minimum absolute atomic E-state index is 0.290. The molecule has 1 aliphatic rings. The second kappa shape index (κ2) is 5.62. The summed E-state index contributed by atoms with van der Waals surface area (Å²) >= 11 is 0. The van der Waals surface area contributed by atoms with Gasteiger partial charge in [0.05, 0.1) is 6.10 Å². The van der Waals surface area contributed by atoms with Gasteiger partial charge >= 0.3 is 0 Å². The van der Waals surface area contributed by atoms with Crippen LogP contribution in [0, 0.1) is 0 Å². The van der Waals surface area contributed by atoms with E-state index in [1.165, 1.54) is 19.2 Å². The molecule has 1 aromatic heterocycles. The van der Waals surface area contributed by atoms with Crippen LogP contribution in [0.25, 0.3) is 0 Å². The second-order valence-electron chi connectivity index (χ2n) is 3.80. The van der Waals surface area contributed by atoms with Crippen LogP contribution in [0.3, 0.4) is 0 Å². The molecule has 1 atom stereocenters. The van der Waals surface area contributed by atoms with Crippen LogP contribution in [0.15, 0.2) is 12.4 Å². The summed E-state index contributed by atoms with van der Waals surface area (Å²) in [5.74, 6) is 6.63. The molecule has 0 radical (unpaired) electrons. The average molecular weight is 223 g/mol. The number of hydrogen-bond donors (Lipinski definition) is 3. The lowest BCUT2D eigenvalue weighted by atomic mass is 10.1. The highest BCUT2D eigenvalue weighted by molar-refractivity contribution is 5.45. The third-order valence-electron chi connectivity index (χ3n) is 2.60. The van der Waals surface area contributed by atoms with Crippen molar-refractivity contribution in [3.05, 3.63) is 12.4 Å². The van der Waals surface area contributed by atoms with Gasteiger partial charge in [-0.2, -0.15) is 0 Å². The van der Waals surface area contributed by atoms with Crippen LogP contribution in [0.4, 0.5) is 11.6 Å². The second-order valence-corrected chi connectivity index (χ2v) is 3.80. The van der Waals surface area contributed by atoms with E-state index in [-0.39, 0.29) is 6.10 Å². The fraction of sp³-hybridized carbons (Fsp3) is 0.600. The van der Waals surface area contributed by atoms with Crippen molar-refractivity contribution >= 4 is 11.6 Å². The van der Waals surface area contributed by atoms with E-state index in [2.05, 4.69) is 20.7 Å². The number of rotatable bonds is 4. The first-order chi connectivity index (χ1) is 7.88. The predicted molar refractivity (Wildman–Crippen MR) is 61.9 cm³/mol. The molecule has 0 spiro atoms. The molecule has 2 rings (SSSR count). The highest BCUT2D eigenvalue weighted by Crippen LogP contribution is 2.14. The molecule has 0 aromatic carbocycles. The van der Waals surface area contributed by atoms with Crippen LogP contribution in [0.5, 0.6) is 0 Å². The zero-order chi connectivity index (χ0) is 11.2. The van der Waals surface area contributed by atoms with Gasteiger partial charge in [0.15, 0.2) is 0 Å². The number of aromatic nitrogens is 2. The first-order valence-electron chi connectivity index (χ1n) is 5.52. The van der Waals surface area contributed by atoms with E-state index >= 15 is 0 Å². The summed E-state index contributed by atoms with van der Waals surface area (Å²) in [5, 5.41) is 3.22. The maximum absolute atomic E-state index is 5.61. The number of hydrogen-bond acceptors (Lipinski definition) is 6. The first kappa shape index (κ1) is 11.1. The van der Waals surface area contributed by atoms with E-state index in [0.29, 0.717) is 5.82 Å². The lowest BCUT2D eigenvalue weighted by molar-refractivity contribution is 0.0247. The molecule has 1 unspecified atom stereocenters. The highest BCUT2D eigenvalue weighted by atomic mass is 16.5. The van der Waals surface area contributed by atoms with Crippen LogP contribution < -0.4 is 16.6 Å². The average Bonchev–Trinajstić information content (AvgIpc) is 2.38. The normalized spacial score (nSPS) is 20.4. The SMILES string of the molecule is NNc1cc(NCC2CCCCO2)ncn1. The monoisotopic (exact) mass is 223 g/mol. The molecule has 1 aromatic rings. The Morgan fingerprint density at radius 1 is 1.38 bits per heavy atom. The molecule has 6 nitrogen and oxygen atoms in total. The Kier molecular flexibility index (Phi) is 3.90. The first-order valence-corrected chi connectivity index (χ1v) is 5.52. The van der Waals surface area contributed by atoms with Gasteiger partial charge in [-0.25, -0.2) is 15.8 Å². The summed E-state index contributed by atoms with van der Waals surface area (Å²) in [6.45, 7) is 1.65. The summed E-state index contributed by atoms with van der Waals surface area (Å²) in [5.41, 5.74) is 2.48. The third-order valence-corrected chi connectivity index (χ3v) is 2.60. The molecule has 1 saturated heterocycles. The molecule has 1 fully saturated rings. The smallest absolute Gasteiger partial charge is 0.145 e. The Bertz CT molecular complexity index is 327. The van der Waals surface area contributed by atoms with Gasteiger partial charge in [0.2, 0.25) is 0 Å². The molecule has 6 heteroatoms. The Morgan fingerprint density at radius 3 is 3.00 bits per heavy atom. The standard InChI is InChI=1S/C10H17N5O/c11-15-10-5-9(13-7-14-10)12-6-8-3-1-2-4-16-8/h5,7-8H,1-4,6,11H2,(H2,12,13,14,15). The lowest BCUT2D eigenvalue weighted by Gasteiger charge is -2.22. The van der Waals surface area contributed by atoms with Crippen molar-refractivity contribution < 1.29 is 4.74 Å². The lowest BCUT2D eigenvalue weighted by Crippen LogP contribution is -2.27. The summed E-state index contributed by atoms with van der Waals surface area (Å²) in [6, 6.07) is 1.77. The largest absolute Gasteiger partial charge is 0.376 e. The summed E-state index contributed by atoms with van der Waals surface area (Å²) in [4.78, 5) is 8.03. The highest BCUT2D eigenvalue weighted by Gasteiger charge is 2.13. The number of nitrogen functional groups attached to an aromatic ring is 1. The van der Waals surface area contributed by atoms with Crippen LogP contribution in [0.1, 0.15) is 19.3 Å². The van der Waals surface area contributed by atoms with E-state index in [9.17, 15) is 0 Å². The van der Waals surface area contributed by atoms with Crippen molar-refractivity contribution in [3.63, 3.8) is 0 Å². The van der Waals surface area contributed by atoms with E-state index in [4.69, 9.17) is 10.6 Å². The Hall–Kier alpha value is -1.40. The Balaban J connectivity index is 1.83. The van der Waals surface area contributed by atoms with Gasteiger partial charge in [-0.3, -0.25) is 0 Å². The van der Waals surface area contributed by atoms with Gasteiger partial charge in [0, 0.05) is 19.2 Å². The van der Waals surface area contributed by atoms with Crippen molar-refractivity contribution in [2.75, 3.05) is 23.9 Å². The molecule has 2 heterocycles. The van der Waals surface area contributed by atoms with Crippen molar-refractivity contribution in [1.29, 1.82) is 0 Å². The zero-order valence-electron chi connectivity index (χ0n) is 9.15. The number of hydrazine groups is 1. The molecule has 16 heavy (non-hydrogen) atoms. The Morgan fingerprint density at radius 2 is 2.25 bits per heavy atom. The fourth-order valence-electron chi connectivity index (χ4n) is 1.72. The molecule has 0 saturated carbocycles. The quantitative estimate of drug-likeness (QED) is 0.516. The number of nitrogens with one attached hydrogen (secondary N) is 2. The van der Waals surface area contributed by atoms with Crippen molar-refractivity contribution in [1.82, 2.24) is 9.97 Å². The molecule has 88 valence electrons. The van der Waals surface area contributed by atoms with E-state index in [1.54, 1.807) is 6.07 Å². The number of ether oxygens (including phenoxy) is 1. The van der Waals surface area contributed by atoms with Crippen LogP contribution in [-0.2, 0) is 4.74 Å². The van der Waals surface area contributed by atoms with Gasteiger partial charge < -0.3 is 15.5 Å². The van der Waals surface area contributed by atoms with Crippen molar-refractivity contribution in [2.24, 2.45) is 5.84 Å². The van der Waals surface area contributed by atoms with E-state index in [1.807, 2.05) is 0 Å². The maximum atomic E-state index is 5.61. The van der Waals surface area contributed by atoms with Gasteiger partial charge in [-0.1, -0.05) is 0 Å². The molecule has 0 aliphatic carbocycles. The minimum Gasteiger partial charge on any atom is -0.376 e. The topological polar surface area (TPSA) is 85.1 Å². The molecule has 0 amide bonds. The fourth-order valence-corrected chi connectivity index (χ4v) is 1.72. The number of nitrogens with zero attached hydrogens (tertiary/aromatic N) is 2. The van der Waals surface area contributed by atoms with Gasteiger partial charge in [-0.15, -0.1) is 0 Å². The molecular formula is C10H17N5O. The molecular weight excluding hydrogens is 206 g/mol. The van der Waals surface area contributed by atoms with Crippen LogP contribution >= 0.6 is 0 Å². The van der Waals surface area contributed by atoms with Crippen molar-refractivity contribution in [3.8, 4) is 0 Å². The van der Waals surface area contributed by atoms with Crippen LogP contribution in [0.2, 0.25) is 0 Å². The maximum Gasteiger partial charge on any atom is 0.145 e. The Labute approximate surface area is 94.6 Å². The van der Waals surface area contributed by atoms with Gasteiger partial charge in [0.1, 0.15) is 18.0 Å². The molecule has 0 bridgehead atoms. The summed E-state index contributed by atoms with van der Waals surface area (Å²) in [7, 11) is 0. The number of nitrogens with two attached hydrogens (primary N) is 1. The van der Waals surface area contributed by atoms with E-state index in [0.717, 1.165) is 25.4 Å². The van der Waals surface area contributed by atoms with E-state index < -0.39 is 0 Å². The molecule has 4 N–H and O–H groups in total. The van der Waals surface area contributed by atoms with Crippen molar-refractivity contribution in [2.45, 2.75) is 25.4 Å². The summed E-state index contributed by atoms with van der Waals surface area (Å²) < 4.78 is 5.61.